The summed E-state index contributed by atoms with van der Waals surface area (Å²) in [5, 5.41) is 0.380. The van der Waals surface area contributed by atoms with Crippen LogP contribution in [-0.2, 0) is 0 Å². The van der Waals surface area contributed by atoms with Gasteiger partial charge in [-0.1, -0.05) is 54.3 Å². The Kier molecular flexibility index (Phi) is 5.82. The number of methoxy groups -OCH3 is 1. The molecule has 1 nitrogen and oxygen atoms in total. The predicted molar refractivity (Wildman–Crippen MR) is 106 cm³/mol. The highest BCUT2D eigenvalue weighted by Crippen LogP contribution is 2.36. The Morgan fingerprint density at radius 2 is 1.48 bits per heavy atom. The first-order valence-electron chi connectivity index (χ1n) is 8.23. The summed E-state index contributed by atoms with van der Waals surface area (Å²) in [5.41, 5.74) is 3.37. The van der Waals surface area contributed by atoms with Gasteiger partial charge >= 0.3 is 0 Å². The zero-order valence-electron chi connectivity index (χ0n) is 14.4. The van der Waals surface area contributed by atoms with Gasteiger partial charge in [0.05, 0.1) is 7.11 Å². The Hall–Kier alpha value is -2.63. The summed E-state index contributed by atoms with van der Waals surface area (Å²) in [4.78, 5) is 1.21. The van der Waals surface area contributed by atoms with E-state index >= 15 is 0 Å². The van der Waals surface area contributed by atoms with Crippen LogP contribution in [0.2, 0.25) is 0 Å². The maximum Gasteiger partial charge on any atom is 0.118 e. The van der Waals surface area contributed by atoms with Gasteiger partial charge in [0, 0.05) is 21.3 Å². The summed E-state index contributed by atoms with van der Waals surface area (Å²) in [6.07, 6.45) is 0. The number of hydrogen-bond acceptors (Lipinski definition) is 2. The van der Waals surface area contributed by atoms with E-state index in [0.717, 1.165) is 16.9 Å². The molecule has 3 aromatic rings. The van der Waals surface area contributed by atoms with E-state index in [2.05, 4.69) is 67.3 Å². The van der Waals surface area contributed by atoms with Gasteiger partial charge in [-0.05, 0) is 48.9 Å². The molecule has 3 rings (SSSR count). The van der Waals surface area contributed by atoms with Gasteiger partial charge in [-0.3, -0.25) is 0 Å². The Bertz CT molecular complexity index is 873. The molecular weight excluding hydrogens is 324 g/mol. The van der Waals surface area contributed by atoms with Crippen LogP contribution >= 0.6 is 11.8 Å². The average molecular weight is 344 g/mol. The third kappa shape index (κ3) is 4.68. The van der Waals surface area contributed by atoms with Crippen molar-refractivity contribution >= 4 is 11.8 Å². The predicted octanol–water partition coefficient (Wildman–Crippen LogP) is 5.95. The van der Waals surface area contributed by atoms with E-state index in [1.165, 1.54) is 10.5 Å². The van der Waals surface area contributed by atoms with Crippen molar-refractivity contribution in [3.8, 4) is 17.6 Å². The number of hydrogen-bond donors (Lipinski definition) is 0. The van der Waals surface area contributed by atoms with Gasteiger partial charge in [-0.25, -0.2) is 0 Å². The third-order valence-electron chi connectivity index (χ3n) is 3.89. The van der Waals surface area contributed by atoms with Crippen LogP contribution in [0.3, 0.4) is 0 Å². The summed E-state index contributed by atoms with van der Waals surface area (Å²) in [6, 6.07) is 26.7. The molecule has 0 aliphatic carbocycles. The summed E-state index contributed by atoms with van der Waals surface area (Å²) < 4.78 is 5.19. The van der Waals surface area contributed by atoms with Gasteiger partial charge in [0.2, 0.25) is 0 Å². The van der Waals surface area contributed by atoms with E-state index in [9.17, 15) is 0 Å². The first-order valence-corrected chi connectivity index (χ1v) is 9.11. The van der Waals surface area contributed by atoms with E-state index < -0.39 is 0 Å². The molecule has 0 bridgehead atoms. The zero-order valence-corrected chi connectivity index (χ0v) is 15.2. The molecule has 0 saturated carbocycles. The number of rotatable bonds is 4. The zero-order chi connectivity index (χ0) is 17.5. The van der Waals surface area contributed by atoms with Gasteiger partial charge in [0.1, 0.15) is 5.75 Å². The largest absolute Gasteiger partial charge is 0.497 e. The van der Waals surface area contributed by atoms with Crippen molar-refractivity contribution in [1.29, 1.82) is 0 Å². The SMILES string of the molecule is COc1ccc(C#Cc2ccccc2S[C@H](C)c2ccccc2)cc1. The molecule has 0 radical (unpaired) electrons. The molecule has 2 heteroatoms. The molecule has 0 aromatic heterocycles. The summed E-state index contributed by atoms with van der Waals surface area (Å²) in [6.45, 7) is 2.23. The lowest BCUT2D eigenvalue weighted by Crippen LogP contribution is -1.89. The lowest BCUT2D eigenvalue weighted by molar-refractivity contribution is 0.415. The van der Waals surface area contributed by atoms with Crippen LogP contribution in [0.4, 0.5) is 0 Å². The molecule has 25 heavy (non-hydrogen) atoms. The maximum atomic E-state index is 5.19. The number of thioether (sulfide) groups is 1. The van der Waals surface area contributed by atoms with Crippen LogP contribution in [0, 0.1) is 11.8 Å². The first kappa shape index (κ1) is 17.2. The summed E-state index contributed by atoms with van der Waals surface area (Å²) in [5.74, 6) is 7.40. The van der Waals surface area contributed by atoms with Gasteiger partial charge < -0.3 is 4.74 Å². The molecule has 0 heterocycles. The van der Waals surface area contributed by atoms with Gasteiger partial charge in [-0.15, -0.1) is 11.8 Å². The molecule has 0 aliphatic rings. The van der Waals surface area contributed by atoms with Crippen LogP contribution in [0.5, 0.6) is 5.75 Å². The van der Waals surface area contributed by atoms with Crippen LogP contribution in [0.1, 0.15) is 28.9 Å². The molecule has 0 unspecified atom stereocenters. The molecule has 0 aliphatic heterocycles. The molecule has 0 fully saturated rings. The third-order valence-corrected chi connectivity index (χ3v) is 5.13. The minimum absolute atomic E-state index is 0.380. The fourth-order valence-electron chi connectivity index (χ4n) is 2.47. The highest BCUT2D eigenvalue weighted by Gasteiger charge is 2.09. The standard InChI is InChI=1S/C23H20OS/c1-18(20-8-4-3-5-9-20)25-23-11-7-6-10-21(23)15-12-19-13-16-22(24-2)17-14-19/h3-11,13-14,16-18H,1-2H3/t18-/m1/s1. The van der Waals surface area contributed by atoms with Crippen molar-refractivity contribution in [2.75, 3.05) is 7.11 Å². The Labute approximate surface area is 154 Å². The minimum Gasteiger partial charge on any atom is -0.497 e. The highest BCUT2D eigenvalue weighted by atomic mass is 32.2. The van der Waals surface area contributed by atoms with E-state index in [1.807, 2.05) is 42.1 Å². The molecule has 0 amide bonds. The Morgan fingerprint density at radius 1 is 0.800 bits per heavy atom. The number of ether oxygens (including phenoxy) is 1. The highest BCUT2D eigenvalue weighted by molar-refractivity contribution is 7.99. The molecule has 0 N–H and O–H groups in total. The van der Waals surface area contributed by atoms with Crippen molar-refractivity contribution in [2.45, 2.75) is 17.1 Å². The fourth-order valence-corrected chi connectivity index (χ4v) is 3.55. The van der Waals surface area contributed by atoms with E-state index in [1.54, 1.807) is 7.11 Å². The van der Waals surface area contributed by atoms with Crippen molar-refractivity contribution < 1.29 is 4.74 Å². The fraction of sp³-hybridized carbons (Fsp3) is 0.130. The first-order chi connectivity index (χ1) is 12.3. The van der Waals surface area contributed by atoms with Gasteiger partial charge in [-0.2, -0.15) is 0 Å². The second-order valence-electron chi connectivity index (χ2n) is 5.65. The quantitative estimate of drug-likeness (QED) is 0.427. The molecule has 3 aromatic carbocycles. The molecular formula is C23H20OS. The summed E-state index contributed by atoms with van der Waals surface area (Å²) in [7, 11) is 1.67. The molecule has 1 atom stereocenters. The lowest BCUT2D eigenvalue weighted by atomic mass is 10.2. The van der Waals surface area contributed by atoms with Crippen molar-refractivity contribution in [3.63, 3.8) is 0 Å². The Morgan fingerprint density at radius 3 is 2.20 bits per heavy atom. The van der Waals surface area contributed by atoms with Gasteiger partial charge in [0.25, 0.3) is 0 Å². The average Bonchev–Trinajstić information content (AvgIpc) is 2.68. The van der Waals surface area contributed by atoms with Crippen LogP contribution in [0.15, 0.2) is 83.8 Å². The van der Waals surface area contributed by atoms with Crippen LogP contribution < -0.4 is 4.74 Å². The van der Waals surface area contributed by atoms with Crippen molar-refractivity contribution in [3.05, 3.63) is 95.6 Å². The smallest absolute Gasteiger partial charge is 0.118 e. The molecule has 0 saturated heterocycles. The minimum atomic E-state index is 0.380. The monoisotopic (exact) mass is 344 g/mol. The molecule has 124 valence electrons. The van der Waals surface area contributed by atoms with E-state index in [-0.39, 0.29) is 0 Å². The topological polar surface area (TPSA) is 9.23 Å². The molecule has 0 spiro atoms. The lowest BCUT2D eigenvalue weighted by Gasteiger charge is -2.12. The van der Waals surface area contributed by atoms with Crippen LogP contribution in [0.25, 0.3) is 0 Å². The Balaban J connectivity index is 1.80. The number of benzene rings is 3. The van der Waals surface area contributed by atoms with Crippen LogP contribution in [-0.4, -0.2) is 7.11 Å². The van der Waals surface area contributed by atoms with E-state index in [0.29, 0.717) is 5.25 Å². The second kappa shape index (κ2) is 8.46. The second-order valence-corrected chi connectivity index (χ2v) is 7.03. The summed E-state index contributed by atoms with van der Waals surface area (Å²) >= 11 is 1.84. The normalized spacial score (nSPS) is 11.3. The van der Waals surface area contributed by atoms with Crippen molar-refractivity contribution in [2.24, 2.45) is 0 Å². The van der Waals surface area contributed by atoms with Crippen molar-refractivity contribution in [1.82, 2.24) is 0 Å². The van der Waals surface area contributed by atoms with Gasteiger partial charge in [0.15, 0.2) is 0 Å². The van der Waals surface area contributed by atoms with E-state index in [4.69, 9.17) is 4.74 Å². The maximum absolute atomic E-state index is 5.19.